The van der Waals surface area contributed by atoms with Gasteiger partial charge in [-0.1, -0.05) is 31.2 Å². The van der Waals surface area contributed by atoms with Crippen LogP contribution in [0.5, 0.6) is 0 Å². The molecule has 2 amide bonds. The van der Waals surface area contributed by atoms with Crippen LogP contribution in [0.4, 0.5) is 5.69 Å². The lowest BCUT2D eigenvalue weighted by molar-refractivity contribution is -0.134. The maximum Gasteiger partial charge on any atom is 0.249 e. The molecule has 4 nitrogen and oxygen atoms in total. The van der Waals surface area contributed by atoms with Crippen molar-refractivity contribution in [3.8, 4) is 0 Å². The lowest BCUT2D eigenvalue weighted by Gasteiger charge is -2.27. The van der Waals surface area contributed by atoms with E-state index in [2.05, 4.69) is 0 Å². The summed E-state index contributed by atoms with van der Waals surface area (Å²) in [5.74, 6) is -0.0108. The molecule has 0 aromatic heterocycles. The fraction of sp³-hybridized carbons (Fsp3) is 0.444. The highest BCUT2D eigenvalue weighted by Crippen LogP contribution is 2.25. The van der Waals surface area contributed by atoms with Crippen LogP contribution in [0.25, 0.3) is 0 Å². The third-order valence-electron chi connectivity index (χ3n) is 4.07. The van der Waals surface area contributed by atoms with Gasteiger partial charge in [0.15, 0.2) is 0 Å². The van der Waals surface area contributed by atoms with E-state index < -0.39 is 0 Å². The summed E-state index contributed by atoms with van der Waals surface area (Å²) in [6.07, 6.45) is 3.43. The van der Waals surface area contributed by atoms with Crippen LogP contribution >= 0.6 is 0 Å². The second-order valence-corrected chi connectivity index (χ2v) is 5.52. The average Bonchev–Trinajstić information content (AvgIpc) is 2.91. The lowest BCUT2D eigenvalue weighted by atomic mass is 10.1. The van der Waals surface area contributed by atoms with E-state index in [-0.39, 0.29) is 17.9 Å². The Morgan fingerprint density at radius 1 is 1.32 bits per heavy atom. The van der Waals surface area contributed by atoms with Gasteiger partial charge in [0.1, 0.15) is 6.04 Å². The van der Waals surface area contributed by atoms with Gasteiger partial charge in [-0.15, -0.1) is 0 Å². The number of hydrogen-bond acceptors (Lipinski definition) is 2. The summed E-state index contributed by atoms with van der Waals surface area (Å²) in [6.45, 7) is 6.96. The molecule has 1 aromatic carbocycles. The zero-order valence-electron chi connectivity index (χ0n) is 13.6. The molecule has 0 N–H and O–H groups in total. The monoisotopic (exact) mass is 300 g/mol. The van der Waals surface area contributed by atoms with Gasteiger partial charge in [-0.2, -0.15) is 0 Å². The summed E-state index contributed by atoms with van der Waals surface area (Å²) in [5, 5.41) is 0. The molecule has 0 saturated carbocycles. The molecule has 0 aliphatic carbocycles. The van der Waals surface area contributed by atoms with Crippen molar-refractivity contribution < 1.29 is 9.59 Å². The van der Waals surface area contributed by atoms with E-state index in [1.165, 1.54) is 0 Å². The minimum atomic E-state index is -0.349. The summed E-state index contributed by atoms with van der Waals surface area (Å²) < 4.78 is 0. The van der Waals surface area contributed by atoms with Crippen LogP contribution in [0.15, 0.2) is 42.0 Å². The highest BCUT2D eigenvalue weighted by molar-refractivity contribution is 6.03. The first kappa shape index (κ1) is 16.3. The molecule has 1 atom stereocenters. The number of allylic oxidation sites excluding steroid dienone is 1. The molecule has 1 unspecified atom stereocenters. The third kappa shape index (κ3) is 3.21. The normalized spacial score (nSPS) is 18.7. The van der Waals surface area contributed by atoms with Crippen molar-refractivity contribution in [2.45, 2.75) is 39.7 Å². The largest absolute Gasteiger partial charge is 0.327 e. The topological polar surface area (TPSA) is 40.6 Å². The number of anilines is 1. The van der Waals surface area contributed by atoms with Crippen molar-refractivity contribution in [2.24, 2.45) is 0 Å². The van der Waals surface area contributed by atoms with Gasteiger partial charge in [-0.05, 0) is 38.8 Å². The van der Waals surface area contributed by atoms with Gasteiger partial charge < -0.3 is 9.80 Å². The number of para-hydroxylation sites is 1. The maximum absolute atomic E-state index is 12.7. The van der Waals surface area contributed by atoms with Gasteiger partial charge in [0.05, 0.1) is 0 Å². The fourth-order valence-corrected chi connectivity index (χ4v) is 2.94. The van der Waals surface area contributed by atoms with Gasteiger partial charge in [0.25, 0.3) is 0 Å². The molecular weight excluding hydrogens is 276 g/mol. The third-order valence-corrected chi connectivity index (χ3v) is 4.07. The zero-order chi connectivity index (χ0) is 16.1. The highest BCUT2D eigenvalue weighted by Gasteiger charge is 2.38. The van der Waals surface area contributed by atoms with Crippen molar-refractivity contribution in [2.75, 3.05) is 18.0 Å². The van der Waals surface area contributed by atoms with Crippen LogP contribution in [0.2, 0.25) is 0 Å². The standard InChI is InChI=1S/C18H24N2O2/c1-4-9-14(3)17(21)19(5-2)16-12-13-20(18(16)22)15-10-7-6-8-11-15/h6-11,16H,4-5,12-13H2,1-3H3/b14-9-. The lowest BCUT2D eigenvalue weighted by Crippen LogP contribution is -2.45. The number of benzene rings is 1. The van der Waals surface area contributed by atoms with Crippen LogP contribution in [0.3, 0.4) is 0 Å². The minimum Gasteiger partial charge on any atom is -0.327 e. The molecule has 1 aliphatic heterocycles. The molecule has 1 saturated heterocycles. The quantitative estimate of drug-likeness (QED) is 0.784. The number of carbonyl (C=O) groups excluding carboxylic acids is 2. The van der Waals surface area contributed by atoms with E-state index in [1.54, 1.807) is 9.80 Å². The van der Waals surface area contributed by atoms with Crippen molar-refractivity contribution in [1.82, 2.24) is 4.90 Å². The number of nitrogens with zero attached hydrogens (tertiary/aromatic N) is 2. The molecular formula is C18H24N2O2. The zero-order valence-corrected chi connectivity index (χ0v) is 13.6. The molecule has 1 heterocycles. The molecule has 0 bridgehead atoms. The van der Waals surface area contributed by atoms with Crippen molar-refractivity contribution in [3.05, 3.63) is 42.0 Å². The van der Waals surface area contributed by atoms with Crippen LogP contribution in [0, 0.1) is 0 Å². The van der Waals surface area contributed by atoms with Gasteiger partial charge in [0.2, 0.25) is 11.8 Å². The van der Waals surface area contributed by atoms with Crippen LogP contribution in [0.1, 0.15) is 33.6 Å². The van der Waals surface area contributed by atoms with E-state index in [9.17, 15) is 9.59 Å². The SMILES string of the molecule is CC/C=C(/C)C(=O)N(CC)C1CCN(c2ccccc2)C1=O. The Bertz CT molecular complexity index is 566. The summed E-state index contributed by atoms with van der Waals surface area (Å²) in [5.41, 5.74) is 1.62. The average molecular weight is 300 g/mol. The molecule has 22 heavy (non-hydrogen) atoms. The van der Waals surface area contributed by atoms with Crippen molar-refractivity contribution in [3.63, 3.8) is 0 Å². The summed E-state index contributed by atoms with van der Waals surface area (Å²) >= 11 is 0. The second-order valence-electron chi connectivity index (χ2n) is 5.52. The first-order valence-corrected chi connectivity index (χ1v) is 7.94. The fourth-order valence-electron chi connectivity index (χ4n) is 2.94. The van der Waals surface area contributed by atoms with E-state index in [4.69, 9.17) is 0 Å². The molecule has 1 aromatic rings. The molecule has 0 spiro atoms. The number of amides is 2. The Balaban J connectivity index is 2.17. The maximum atomic E-state index is 12.7. The molecule has 118 valence electrons. The number of likely N-dealkylation sites (N-methyl/N-ethyl adjacent to an activating group) is 1. The summed E-state index contributed by atoms with van der Waals surface area (Å²) in [4.78, 5) is 28.7. The van der Waals surface area contributed by atoms with Crippen molar-refractivity contribution >= 4 is 17.5 Å². The van der Waals surface area contributed by atoms with E-state index in [0.717, 1.165) is 17.7 Å². The van der Waals surface area contributed by atoms with Gasteiger partial charge in [0, 0.05) is 24.4 Å². The smallest absolute Gasteiger partial charge is 0.249 e. The number of hydrogen-bond donors (Lipinski definition) is 0. The van der Waals surface area contributed by atoms with Gasteiger partial charge in [-0.25, -0.2) is 0 Å². The van der Waals surface area contributed by atoms with Crippen LogP contribution in [-0.2, 0) is 9.59 Å². The number of carbonyl (C=O) groups is 2. The number of rotatable bonds is 5. The Hall–Kier alpha value is -2.10. The first-order chi connectivity index (χ1) is 10.6. The van der Waals surface area contributed by atoms with Crippen LogP contribution in [-0.4, -0.2) is 35.8 Å². The predicted molar refractivity (Wildman–Crippen MR) is 88.6 cm³/mol. The first-order valence-electron chi connectivity index (χ1n) is 7.94. The van der Waals surface area contributed by atoms with Gasteiger partial charge in [-0.3, -0.25) is 9.59 Å². The van der Waals surface area contributed by atoms with Gasteiger partial charge >= 0.3 is 0 Å². The van der Waals surface area contributed by atoms with E-state index in [1.807, 2.05) is 57.2 Å². The Labute approximate surface area is 132 Å². The van der Waals surface area contributed by atoms with E-state index in [0.29, 0.717) is 19.5 Å². The Kier molecular flexibility index (Phi) is 5.36. The predicted octanol–water partition coefficient (Wildman–Crippen LogP) is 3.00. The summed E-state index contributed by atoms with van der Waals surface area (Å²) in [6, 6.07) is 9.29. The van der Waals surface area contributed by atoms with Crippen molar-refractivity contribution in [1.29, 1.82) is 0 Å². The second kappa shape index (κ2) is 7.25. The molecule has 1 aliphatic rings. The molecule has 4 heteroatoms. The Morgan fingerprint density at radius 3 is 2.59 bits per heavy atom. The summed E-state index contributed by atoms with van der Waals surface area (Å²) in [7, 11) is 0. The Morgan fingerprint density at radius 2 is 2.00 bits per heavy atom. The van der Waals surface area contributed by atoms with Crippen LogP contribution < -0.4 is 4.90 Å². The van der Waals surface area contributed by atoms with E-state index >= 15 is 0 Å². The molecule has 1 fully saturated rings. The molecule has 2 rings (SSSR count). The highest BCUT2D eigenvalue weighted by atomic mass is 16.2. The minimum absolute atomic E-state index is 0.0192. The molecule has 0 radical (unpaired) electrons.